The van der Waals surface area contributed by atoms with Crippen LogP contribution in [0.1, 0.15) is 71.6 Å². The molecular formula is C15H29NO3. The standard InChI is InChI=1S/C15H29NO3/c1-3-5-7-8-10-14(17)16(12-6-4-2)13-9-11-15(18)19/h3-13H2,1-2H3,(H,18,19). The molecule has 0 aromatic carbocycles. The van der Waals surface area contributed by atoms with Gasteiger partial charge in [-0.2, -0.15) is 0 Å². The Kier molecular flexibility index (Phi) is 11.3. The van der Waals surface area contributed by atoms with Gasteiger partial charge in [0.1, 0.15) is 0 Å². The van der Waals surface area contributed by atoms with Gasteiger partial charge in [-0.3, -0.25) is 9.59 Å². The summed E-state index contributed by atoms with van der Waals surface area (Å²) >= 11 is 0. The summed E-state index contributed by atoms with van der Waals surface area (Å²) in [6.45, 7) is 5.60. The first-order chi connectivity index (χ1) is 9.11. The second kappa shape index (κ2) is 12.0. The minimum absolute atomic E-state index is 0.145. The number of hydrogen-bond donors (Lipinski definition) is 1. The molecule has 0 unspecified atom stereocenters. The highest BCUT2D eigenvalue weighted by atomic mass is 16.4. The van der Waals surface area contributed by atoms with Crippen molar-refractivity contribution in [3.63, 3.8) is 0 Å². The Balaban J connectivity index is 4.00. The molecule has 112 valence electrons. The van der Waals surface area contributed by atoms with Crippen LogP contribution in [0.25, 0.3) is 0 Å². The largest absolute Gasteiger partial charge is 0.481 e. The normalized spacial score (nSPS) is 10.4. The van der Waals surface area contributed by atoms with E-state index in [-0.39, 0.29) is 12.3 Å². The van der Waals surface area contributed by atoms with Crippen molar-refractivity contribution in [3.05, 3.63) is 0 Å². The van der Waals surface area contributed by atoms with Crippen LogP contribution in [0.2, 0.25) is 0 Å². The molecule has 0 radical (unpaired) electrons. The van der Waals surface area contributed by atoms with Crippen molar-refractivity contribution < 1.29 is 14.7 Å². The predicted octanol–water partition coefficient (Wildman–Crippen LogP) is 3.45. The quantitative estimate of drug-likeness (QED) is 0.553. The molecular weight excluding hydrogens is 242 g/mol. The lowest BCUT2D eigenvalue weighted by Gasteiger charge is -2.22. The van der Waals surface area contributed by atoms with Gasteiger partial charge in [0.25, 0.3) is 0 Å². The molecule has 0 rings (SSSR count). The lowest BCUT2D eigenvalue weighted by atomic mass is 10.1. The molecule has 4 nitrogen and oxygen atoms in total. The van der Waals surface area contributed by atoms with E-state index < -0.39 is 5.97 Å². The summed E-state index contributed by atoms with van der Waals surface area (Å²) in [4.78, 5) is 24.4. The first-order valence-electron chi connectivity index (χ1n) is 7.61. The zero-order valence-electron chi connectivity index (χ0n) is 12.5. The maximum absolute atomic E-state index is 12.1. The van der Waals surface area contributed by atoms with E-state index in [1.807, 2.05) is 4.90 Å². The van der Waals surface area contributed by atoms with Crippen molar-refractivity contribution in [3.8, 4) is 0 Å². The van der Waals surface area contributed by atoms with E-state index in [1.165, 1.54) is 12.8 Å². The van der Waals surface area contributed by atoms with E-state index in [0.29, 0.717) is 19.4 Å². The van der Waals surface area contributed by atoms with Crippen molar-refractivity contribution in [1.29, 1.82) is 0 Å². The second-order valence-corrected chi connectivity index (χ2v) is 5.04. The molecule has 0 atom stereocenters. The van der Waals surface area contributed by atoms with E-state index in [2.05, 4.69) is 13.8 Å². The monoisotopic (exact) mass is 271 g/mol. The molecule has 0 saturated heterocycles. The molecule has 19 heavy (non-hydrogen) atoms. The summed E-state index contributed by atoms with van der Waals surface area (Å²) in [6, 6.07) is 0. The summed E-state index contributed by atoms with van der Waals surface area (Å²) < 4.78 is 0. The van der Waals surface area contributed by atoms with Crippen LogP contribution in [-0.2, 0) is 9.59 Å². The summed E-state index contributed by atoms with van der Waals surface area (Å²) in [5.74, 6) is -0.597. The van der Waals surface area contributed by atoms with Gasteiger partial charge < -0.3 is 10.0 Å². The molecule has 0 saturated carbocycles. The van der Waals surface area contributed by atoms with Gasteiger partial charge in [0.05, 0.1) is 0 Å². The number of amides is 1. The van der Waals surface area contributed by atoms with Gasteiger partial charge in [0, 0.05) is 25.9 Å². The number of carbonyl (C=O) groups excluding carboxylic acids is 1. The van der Waals surface area contributed by atoms with Crippen LogP contribution < -0.4 is 0 Å². The zero-order chi connectivity index (χ0) is 14.5. The zero-order valence-corrected chi connectivity index (χ0v) is 12.5. The fraction of sp³-hybridized carbons (Fsp3) is 0.867. The minimum Gasteiger partial charge on any atom is -0.481 e. The number of aliphatic carboxylic acids is 1. The van der Waals surface area contributed by atoms with Crippen LogP contribution in [0.5, 0.6) is 0 Å². The Bertz CT molecular complexity index is 254. The Hall–Kier alpha value is -1.06. The van der Waals surface area contributed by atoms with E-state index in [0.717, 1.165) is 32.2 Å². The lowest BCUT2D eigenvalue weighted by molar-refractivity contribution is -0.138. The third-order valence-corrected chi connectivity index (χ3v) is 3.20. The Morgan fingerprint density at radius 2 is 1.47 bits per heavy atom. The van der Waals surface area contributed by atoms with Crippen molar-refractivity contribution in [2.24, 2.45) is 0 Å². The maximum atomic E-state index is 12.1. The number of carbonyl (C=O) groups is 2. The molecule has 1 N–H and O–H groups in total. The highest BCUT2D eigenvalue weighted by Gasteiger charge is 2.12. The molecule has 0 bridgehead atoms. The molecule has 0 aliphatic carbocycles. The van der Waals surface area contributed by atoms with Gasteiger partial charge in [-0.15, -0.1) is 0 Å². The van der Waals surface area contributed by atoms with E-state index in [4.69, 9.17) is 5.11 Å². The van der Waals surface area contributed by atoms with Crippen LogP contribution >= 0.6 is 0 Å². The SMILES string of the molecule is CCCCCCC(=O)N(CCCC)CCCC(=O)O. The summed E-state index contributed by atoms with van der Waals surface area (Å²) in [6.07, 6.45) is 7.77. The fourth-order valence-electron chi connectivity index (χ4n) is 1.99. The Labute approximate surface area is 117 Å². The molecule has 1 amide bonds. The van der Waals surface area contributed by atoms with Crippen molar-refractivity contribution in [2.75, 3.05) is 13.1 Å². The van der Waals surface area contributed by atoms with Gasteiger partial charge >= 0.3 is 5.97 Å². The molecule has 0 aromatic heterocycles. The molecule has 0 aromatic rings. The number of carboxylic acids is 1. The Morgan fingerprint density at radius 1 is 0.842 bits per heavy atom. The number of carboxylic acid groups (broad SMARTS) is 1. The van der Waals surface area contributed by atoms with Gasteiger partial charge in [-0.25, -0.2) is 0 Å². The molecule has 0 spiro atoms. The smallest absolute Gasteiger partial charge is 0.303 e. The molecule has 0 fully saturated rings. The summed E-state index contributed by atoms with van der Waals surface area (Å²) in [5, 5.41) is 8.64. The molecule has 0 aliphatic heterocycles. The third-order valence-electron chi connectivity index (χ3n) is 3.20. The summed E-state index contributed by atoms with van der Waals surface area (Å²) in [5.41, 5.74) is 0. The number of hydrogen-bond acceptors (Lipinski definition) is 2. The lowest BCUT2D eigenvalue weighted by Crippen LogP contribution is -2.33. The Morgan fingerprint density at radius 3 is 2.05 bits per heavy atom. The average Bonchev–Trinajstić information content (AvgIpc) is 2.38. The van der Waals surface area contributed by atoms with Crippen LogP contribution in [0, 0.1) is 0 Å². The van der Waals surface area contributed by atoms with Crippen LogP contribution in [0.15, 0.2) is 0 Å². The third kappa shape index (κ3) is 10.5. The van der Waals surface area contributed by atoms with E-state index >= 15 is 0 Å². The minimum atomic E-state index is -0.786. The number of unbranched alkanes of at least 4 members (excludes halogenated alkanes) is 4. The van der Waals surface area contributed by atoms with Crippen molar-refractivity contribution in [2.45, 2.75) is 71.6 Å². The van der Waals surface area contributed by atoms with Gasteiger partial charge in [-0.1, -0.05) is 39.5 Å². The van der Waals surface area contributed by atoms with Gasteiger partial charge in [-0.05, 0) is 19.3 Å². The van der Waals surface area contributed by atoms with Gasteiger partial charge in [0.15, 0.2) is 0 Å². The van der Waals surface area contributed by atoms with E-state index in [9.17, 15) is 9.59 Å². The number of rotatable bonds is 12. The maximum Gasteiger partial charge on any atom is 0.303 e. The van der Waals surface area contributed by atoms with Crippen molar-refractivity contribution in [1.82, 2.24) is 4.90 Å². The molecule has 0 heterocycles. The first-order valence-corrected chi connectivity index (χ1v) is 7.61. The highest BCUT2D eigenvalue weighted by Crippen LogP contribution is 2.07. The topological polar surface area (TPSA) is 57.6 Å². The molecule has 0 aliphatic rings. The molecule has 4 heteroatoms. The fourth-order valence-corrected chi connectivity index (χ4v) is 1.99. The predicted molar refractivity (Wildman–Crippen MR) is 77.1 cm³/mol. The van der Waals surface area contributed by atoms with Crippen LogP contribution in [0.4, 0.5) is 0 Å². The highest BCUT2D eigenvalue weighted by molar-refractivity contribution is 5.76. The average molecular weight is 271 g/mol. The van der Waals surface area contributed by atoms with E-state index in [1.54, 1.807) is 0 Å². The second-order valence-electron chi connectivity index (χ2n) is 5.04. The first kappa shape index (κ1) is 17.9. The number of nitrogens with zero attached hydrogens (tertiary/aromatic N) is 1. The van der Waals surface area contributed by atoms with Crippen LogP contribution in [-0.4, -0.2) is 35.0 Å². The van der Waals surface area contributed by atoms with Gasteiger partial charge in [0.2, 0.25) is 5.91 Å². The summed E-state index contributed by atoms with van der Waals surface area (Å²) in [7, 11) is 0. The van der Waals surface area contributed by atoms with Crippen LogP contribution in [0.3, 0.4) is 0 Å². The van der Waals surface area contributed by atoms with Crippen molar-refractivity contribution >= 4 is 11.9 Å².